The van der Waals surface area contributed by atoms with E-state index < -0.39 is 4.92 Å². The lowest BCUT2D eigenvalue weighted by molar-refractivity contribution is -0.384. The maximum Gasteiger partial charge on any atom is 0.289 e. The molecule has 1 fully saturated rings. The summed E-state index contributed by atoms with van der Waals surface area (Å²) in [5.74, 6) is 0.250. The number of piperazine rings is 1. The number of rotatable bonds is 3. The summed E-state index contributed by atoms with van der Waals surface area (Å²) in [6.45, 7) is 2.49. The monoisotopic (exact) mass is 351 g/mol. The van der Waals surface area contributed by atoms with Crippen molar-refractivity contribution in [2.75, 3.05) is 31.1 Å². The second-order valence-electron chi connectivity index (χ2n) is 6.20. The van der Waals surface area contributed by atoms with Gasteiger partial charge in [0.1, 0.15) is 5.58 Å². The summed E-state index contributed by atoms with van der Waals surface area (Å²) in [6, 6.07) is 15.8. The van der Waals surface area contributed by atoms with Crippen LogP contribution in [0, 0.1) is 10.1 Å². The summed E-state index contributed by atoms with van der Waals surface area (Å²) >= 11 is 0. The quantitative estimate of drug-likeness (QED) is 0.534. The summed E-state index contributed by atoms with van der Waals surface area (Å²) in [4.78, 5) is 26.9. The number of hydrogen-bond acceptors (Lipinski definition) is 5. The van der Waals surface area contributed by atoms with Crippen molar-refractivity contribution in [1.82, 2.24) is 4.90 Å². The fourth-order valence-electron chi connectivity index (χ4n) is 3.20. The Balaban J connectivity index is 1.42. The molecular formula is C19H17N3O4. The molecule has 0 atom stereocenters. The largest absolute Gasteiger partial charge is 0.451 e. The molecule has 0 bridgehead atoms. The van der Waals surface area contributed by atoms with Gasteiger partial charge in [-0.05, 0) is 24.3 Å². The van der Waals surface area contributed by atoms with Crippen LogP contribution in [0.1, 0.15) is 10.6 Å². The Labute approximate surface area is 149 Å². The molecule has 2 heterocycles. The van der Waals surface area contributed by atoms with Crippen LogP contribution in [0.3, 0.4) is 0 Å². The maximum atomic E-state index is 12.7. The SMILES string of the molecule is O=C(c1cc2ccccc2o1)N1CCN(c2ccc([N+](=O)[O-])cc2)CC1. The van der Waals surface area contributed by atoms with Gasteiger partial charge in [-0.15, -0.1) is 0 Å². The zero-order chi connectivity index (χ0) is 18.1. The van der Waals surface area contributed by atoms with E-state index in [-0.39, 0.29) is 11.6 Å². The van der Waals surface area contributed by atoms with E-state index in [1.165, 1.54) is 12.1 Å². The average Bonchev–Trinajstić information content (AvgIpc) is 3.12. The number of benzene rings is 2. The van der Waals surface area contributed by atoms with Gasteiger partial charge in [0, 0.05) is 49.4 Å². The summed E-state index contributed by atoms with van der Waals surface area (Å²) in [6.07, 6.45) is 0. The lowest BCUT2D eigenvalue weighted by atomic mass is 10.2. The summed E-state index contributed by atoms with van der Waals surface area (Å²) in [5, 5.41) is 11.7. The van der Waals surface area contributed by atoms with Gasteiger partial charge in [-0.1, -0.05) is 18.2 Å². The molecular weight excluding hydrogens is 334 g/mol. The Morgan fingerprint density at radius 3 is 2.35 bits per heavy atom. The number of anilines is 1. The van der Waals surface area contributed by atoms with Crippen molar-refractivity contribution in [3.05, 3.63) is 70.5 Å². The molecule has 2 aromatic carbocycles. The predicted octanol–water partition coefficient (Wildman–Crippen LogP) is 3.30. The zero-order valence-electron chi connectivity index (χ0n) is 14.0. The molecule has 0 spiro atoms. The first-order valence-corrected chi connectivity index (χ1v) is 8.39. The standard InChI is InChI=1S/C19H17N3O4/c23-19(18-13-14-3-1-2-4-17(14)26-18)21-11-9-20(10-12-21)15-5-7-16(8-6-15)22(24)25/h1-8,13H,9-12H2. The molecule has 0 saturated carbocycles. The highest BCUT2D eigenvalue weighted by molar-refractivity contribution is 5.96. The van der Waals surface area contributed by atoms with Gasteiger partial charge in [-0.2, -0.15) is 0 Å². The molecule has 1 saturated heterocycles. The Hall–Kier alpha value is -3.35. The van der Waals surface area contributed by atoms with Crippen molar-refractivity contribution in [3.63, 3.8) is 0 Å². The van der Waals surface area contributed by atoms with Crippen LogP contribution in [0.25, 0.3) is 11.0 Å². The predicted molar refractivity (Wildman–Crippen MR) is 97.4 cm³/mol. The minimum Gasteiger partial charge on any atom is -0.451 e. The van der Waals surface area contributed by atoms with Crippen LogP contribution in [-0.4, -0.2) is 41.9 Å². The van der Waals surface area contributed by atoms with Gasteiger partial charge in [-0.3, -0.25) is 14.9 Å². The zero-order valence-corrected chi connectivity index (χ0v) is 14.0. The fraction of sp³-hybridized carbons (Fsp3) is 0.211. The van der Waals surface area contributed by atoms with E-state index in [0.29, 0.717) is 37.5 Å². The number of fused-ring (bicyclic) bond motifs is 1. The molecule has 1 amide bonds. The van der Waals surface area contributed by atoms with Gasteiger partial charge in [0.05, 0.1) is 4.92 Å². The van der Waals surface area contributed by atoms with Crippen molar-refractivity contribution in [1.29, 1.82) is 0 Å². The first kappa shape index (κ1) is 16.1. The Morgan fingerprint density at radius 2 is 1.69 bits per heavy atom. The molecule has 7 nitrogen and oxygen atoms in total. The van der Waals surface area contributed by atoms with E-state index in [2.05, 4.69) is 4.90 Å². The van der Waals surface area contributed by atoms with Crippen molar-refractivity contribution in [2.24, 2.45) is 0 Å². The second-order valence-corrected chi connectivity index (χ2v) is 6.20. The Kier molecular flexibility index (Phi) is 4.04. The van der Waals surface area contributed by atoms with Gasteiger partial charge < -0.3 is 14.2 Å². The van der Waals surface area contributed by atoms with Gasteiger partial charge in [-0.25, -0.2) is 0 Å². The van der Waals surface area contributed by atoms with E-state index in [9.17, 15) is 14.9 Å². The Bertz CT molecular complexity index is 923. The number of non-ortho nitro benzene ring substituents is 1. The lowest BCUT2D eigenvalue weighted by Crippen LogP contribution is -2.48. The van der Waals surface area contributed by atoms with Crippen molar-refractivity contribution < 1.29 is 14.1 Å². The van der Waals surface area contributed by atoms with E-state index in [4.69, 9.17) is 4.42 Å². The Morgan fingerprint density at radius 1 is 1.00 bits per heavy atom. The number of para-hydroxylation sites is 1. The van der Waals surface area contributed by atoms with E-state index in [0.717, 1.165) is 11.1 Å². The van der Waals surface area contributed by atoms with Crippen LogP contribution in [0.2, 0.25) is 0 Å². The normalized spacial score (nSPS) is 14.6. The van der Waals surface area contributed by atoms with Crippen LogP contribution < -0.4 is 4.90 Å². The molecule has 0 N–H and O–H groups in total. The molecule has 1 aliphatic rings. The van der Waals surface area contributed by atoms with E-state index in [1.54, 1.807) is 23.1 Å². The average molecular weight is 351 g/mol. The minimum absolute atomic E-state index is 0.0763. The van der Waals surface area contributed by atoms with Crippen LogP contribution in [0.5, 0.6) is 0 Å². The van der Waals surface area contributed by atoms with Crippen LogP contribution >= 0.6 is 0 Å². The van der Waals surface area contributed by atoms with E-state index >= 15 is 0 Å². The van der Waals surface area contributed by atoms with Crippen LogP contribution in [0.4, 0.5) is 11.4 Å². The highest BCUT2D eigenvalue weighted by atomic mass is 16.6. The smallest absolute Gasteiger partial charge is 0.289 e. The van der Waals surface area contributed by atoms with Gasteiger partial charge in [0.15, 0.2) is 5.76 Å². The molecule has 7 heteroatoms. The van der Waals surface area contributed by atoms with Crippen LogP contribution in [-0.2, 0) is 0 Å². The number of nitro groups is 1. The number of carbonyl (C=O) groups excluding carboxylic acids is 1. The molecule has 1 aliphatic heterocycles. The third kappa shape index (κ3) is 2.99. The van der Waals surface area contributed by atoms with Gasteiger partial charge >= 0.3 is 0 Å². The number of nitrogens with zero attached hydrogens (tertiary/aromatic N) is 3. The van der Waals surface area contributed by atoms with E-state index in [1.807, 2.05) is 24.3 Å². The fourth-order valence-corrected chi connectivity index (χ4v) is 3.20. The topological polar surface area (TPSA) is 79.8 Å². The highest BCUT2D eigenvalue weighted by Gasteiger charge is 2.24. The van der Waals surface area contributed by atoms with Crippen molar-refractivity contribution in [3.8, 4) is 0 Å². The molecule has 0 aliphatic carbocycles. The third-order valence-corrected chi connectivity index (χ3v) is 4.63. The van der Waals surface area contributed by atoms with Crippen molar-refractivity contribution in [2.45, 2.75) is 0 Å². The number of furan rings is 1. The van der Waals surface area contributed by atoms with Crippen LogP contribution in [0.15, 0.2) is 59.0 Å². The molecule has 0 unspecified atom stereocenters. The summed E-state index contributed by atoms with van der Waals surface area (Å²) in [7, 11) is 0. The maximum absolute atomic E-state index is 12.7. The number of nitro benzene ring substituents is 1. The minimum atomic E-state index is -0.409. The number of amides is 1. The highest BCUT2D eigenvalue weighted by Crippen LogP contribution is 2.23. The molecule has 3 aromatic rings. The second kappa shape index (κ2) is 6.51. The first-order valence-electron chi connectivity index (χ1n) is 8.39. The number of carbonyl (C=O) groups is 1. The van der Waals surface area contributed by atoms with Gasteiger partial charge in [0.2, 0.25) is 0 Å². The molecule has 132 valence electrons. The summed E-state index contributed by atoms with van der Waals surface area (Å²) in [5.41, 5.74) is 1.71. The van der Waals surface area contributed by atoms with Crippen molar-refractivity contribution >= 4 is 28.3 Å². The lowest BCUT2D eigenvalue weighted by Gasteiger charge is -2.35. The molecule has 1 aromatic heterocycles. The van der Waals surface area contributed by atoms with Gasteiger partial charge in [0.25, 0.3) is 11.6 Å². The number of hydrogen-bond donors (Lipinski definition) is 0. The summed E-state index contributed by atoms with van der Waals surface area (Å²) < 4.78 is 5.66. The molecule has 26 heavy (non-hydrogen) atoms. The molecule has 0 radical (unpaired) electrons. The first-order chi connectivity index (χ1) is 12.6. The third-order valence-electron chi connectivity index (χ3n) is 4.63. The molecule has 4 rings (SSSR count).